The molecule has 1 aromatic rings. The summed E-state index contributed by atoms with van der Waals surface area (Å²) in [7, 11) is 1.57. The summed E-state index contributed by atoms with van der Waals surface area (Å²) in [6.07, 6.45) is 4.72. The van der Waals surface area contributed by atoms with E-state index in [1.54, 1.807) is 19.2 Å². The van der Waals surface area contributed by atoms with Gasteiger partial charge in [0, 0.05) is 11.1 Å². The fourth-order valence-corrected chi connectivity index (χ4v) is 1.69. The molecule has 0 unspecified atom stereocenters. The summed E-state index contributed by atoms with van der Waals surface area (Å²) < 4.78 is 11.0. The number of benzene rings is 1. The molecule has 3 nitrogen and oxygen atoms in total. The van der Waals surface area contributed by atoms with E-state index < -0.39 is 0 Å². The lowest BCUT2D eigenvalue weighted by molar-refractivity contribution is 0.112. The third kappa shape index (κ3) is 1.81. The minimum atomic E-state index is -0.344. The van der Waals surface area contributed by atoms with Crippen molar-refractivity contribution in [2.75, 3.05) is 7.11 Å². The van der Waals surface area contributed by atoms with E-state index in [1.165, 1.54) is 0 Å². The Kier molecular flexibility index (Phi) is 2.46. The van der Waals surface area contributed by atoms with Crippen LogP contribution in [0, 0.1) is 0 Å². The van der Waals surface area contributed by atoms with Crippen LogP contribution in [0.15, 0.2) is 18.2 Å². The van der Waals surface area contributed by atoms with E-state index in [-0.39, 0.29) is 5.60 Å². The van der Waals surface area contributed by atoms with E-state index in [9.17, 15) is 4.79 Å². The van der Waals surface area contributed by atoms with Gasteiger partial charge in [0.05, 0.1) is 7.11 Å². The highest BCUT2D eigenvalue weighted by atomic mass is 16.5. The predicted molar refractivity (Wildman–Crippen MR) is 62.1 cm³/mol. The minimum absolute atomic E-state index is 0.344. The van der Waals surface area contributed by atoms with Crippen LogP contribution in [0.3, 0.4) is 0 Å². The first kappa shape index (κ1) is 10.7. The van der Waals surface area contributed by atoms with Crippen LogP contribution in [0.25, 0.3) is 6.08 Å². The molecule has 84 valence electrons. The van der Waals surface area contributed by atoms with Crippen LogP contribution in [-0.4, -0.2) is 19.0 Å². The van der Waals surface area contributed by atoms with Gasteiger partial charge in [0.1, 0.15) is 11.9 Å². The second-order valence-corrected chi connectivity index (χ2v) is 4.30. The number of hydrogen-bond acceptors (Lipinski definition) is 3. The molecule has 0 bridgehead atoms. The van der Waals surface area contributed by atoms with Gasteiger partial charge in [-0.15, -0.1) is 0 Å². The molecule has 0 amide bonds. The van der Waals surface area contributed by atoms with Crippen molar-refractivity contribution in [3.05, 3.63) is 29.3 Å². The highest BCUT2D eigenvalue weighted by Gasteiger charge is 2.24. The van der Waals surface area contributed by atoms with Gasteiger partial charge >= 0.3 is 0 Å². The molecule has 1 aliphatic heterocycles. The molecular formula is C13H14O3. The van der Waals surface area contributed by atoms with Gasteiger partial charge in [-0.25, -0.2) is 0 Å². The monoisotopic (exact) mass is 218 g/mol. The van der Waals surface area contributed by atoms with Crippen molar-refractivity contribution in [1.82, 2.24) is 0 Å². The Morgan fingerprint density at radius 3 is 2.75 bits per heavy atom. The average molecular weight is 218 g/mol. The normalized spacial score (nSPS) is 16.2. The molecule has 0 fully saturated rings. The number of fused-ring (bicyclic) bond motifs is 1. The van der Waals surface area contributed by atoms with Crippen molar-refractivity contribution in [2.45, 2.75) is 19.4 Å². The maximum absolute atomic E-state index is 10.8. The van der Waals surface area contributed by atoms with E-state index in [0.29, 0.717) is 17.1 Å². The molecule has 0 atom stereocenters. The largest absolute Gasteiger partial charge is 0.493 e. The lowest BCUT2D eigenvalue weighted by Gasteiger charge is -2.29. The van der Waals surface area contributed by atoms with E-state index in [2.05, 4.69) is 0 Å². The first-order chi connectivity index (χ1) is 7.55. The topological polar surface area (TPSA) is 35.5 Å². The number of methoxy groups -OCH3 is 1. The van der Waals surface area contributed by atoms with Gasteiger partial charge in [-0.05, 0) is 32.1 Å². The van der Waals surface area contributed by atoms with Crippen molar-refractivity contribution >= 4 is 12.4 Å². The minimum Gasteiger partial charge on any atom is -0.493 e. The van der Waals surface area contributed by atoms with E-state index in [0.717, 1.165) is 11.8 Å². The van der Waals surface area contributed by atoms with Crippen LogP contribution in [0.1, 0.15) is 29.8 Å². The van der Waals surface area contributed by atoms with Crippen LogP contribution < -0.4 is 9.47 Å². The molecule has 0 saturated carbocycles. The molecule has 1 aliphatic rings. The second kappa shape index (κ2) is 3.67. The zero-order valence-corrected chi connectivity index (χ0v) is 9.61. The molecule has 0 spiro atoms. The fraction of sp³-hybridized carbons (Fsp3) is 0.308. The molecule has 2 rings (SSSR count). The number of aldehydes is 1. The Hall–Kier alpha value is -1.77. The molecule has 3 heteroatoms. The van der Waals surface area contributed by atoms with Crippen molar-refractivity contribution in [3.8, 4) is 11.5 Å². The molecule has 0 radical (unpaired) electrons. The van der Waals surface area contributed by atoms with Crippen LogP contribution >= 0.6 is 0 Å². The van der Waals surface area contributed by atoms with Crippen molar-refractivity contribution in [3.63, 3.8) is 0 Å². The summed E-state index contributed by atoms with van der Waals surface area (Å²) in [5, 5.41) is 0. The number of carbonyl (C=O) groups is 1. The molecule has 0 aliphatic carbocycles. The predicted octanol–water partition coefficient (Wildman–Crippen LogP) is 2.69. The smallest absolute Gasteiger partial charge is 0.169 e. The van der Waals surface area contributed by atoms with Crippen LogP contribution in [0.4, 0.5) is 0 Å². The SMILES string of the molecule is COc1cc(C=O)cc2c1OC(C)(C)C=C2. The zero-order chi connectivity index (χ0) is 11.8. The van der Waals surface area contributed by atoms with Gasteiger partial charge in [-0.3, -0.25) is 4.79 Å². The summed E-state index contributed by atoms with van der Waals surface area (Å²) in [5.74, 6) is 1.29. The van der Waals surface area contributed by atoms with Crippen molar-refractivity contribution in [2.24, 2.45) is 0 Å². The number of hydrogen-bond donors (Lipinski definition) is 0. The Labute approximate surface area is 94.7 Å². The molecule has 0 N–H and O–H groups in total. The summed E-state index contributed by atoms with van der Waals surface area (Å²) in [4.78, 5) is 10.8. The molecule has 0 saturated heterocycles. The number of carbonyl (C=O) groups excluding carboxylic acids is 1. The first-order valence-corrected chi connectivity index (χ1v) is 5.11. The third-order valence-electron chi connectivity index (χ3n) is 2.49. The number of ether oxygens (including phenoxy) is 2. The van der Waals surface area contributed by atoms with Gasteiger partial charge in [-0.2, -0.15) is 0 Å². The highest BCUT2D eigenvalue weighted by molar-refractivity contribution is 5.80. The standard InChI is InChI=1S/C13H14O3/c1-13(2)5-4-10-6-9(8-14)7-11(15-3)12(10)16-13/h4-8H,1-3H3. The van der Waals surface area contributed by atoms with Crippen LogP contribution in [0.2, 0.25) is 0 Å². The quantitative estimate of drug-likeness (QED) is 0.716. The molecule has 16 heavy (non-hydrogen) atoms. The molecule has 0 aromatic heterocycles. The molecule has 1 heterocycles. The number of rotatable bonds is 2. The van der Waals surface area contributed by atoms with Gasteiger partial charge in [0.15, 0.2) is 11.5 Å². The summed E-state index contributed by atoms with van der Waals surface area (Å²) in [6, 6.07) is 3.47. The van der Waals surface area contributed by atoms with Gasteiger partial charge in [0.25, 0.3) is 0 Å². The van der Waals surface area contributed by atoms with Gasteiger partial charge in [0.2, 0.25) is 0 Å². The Bertz CT molecular complexity index is 458. The summed E-state index contributed by atoms with van der Waals surface area (Å²) in [5.41, 5.74) is 1.12. The Morgan fingerprint density at radius 1 is 1.38 bits per heavy atom. The lowest BCUT2D eigenvalue weighted by Crippen LogP contribution is -2.27. The van der Waals surface area contributed by atoms with E-state index >= 15 is 0 Å². The maximum atomic E-state index is 10.8. The fourth-order valence-electron chi connectivity index (χ4n) is 1.69. The first-order valence-electron chi connectivity index (χ1n) is 5.11. The van der Waals surface area contributed by atoms with Gasteiger partial charge < -0.3 is 9.47 Å². The molecule has 1 aromatic carbocycles. The average Bonchev–Trinajstić information content (AvgIpc) is 2.26. The van der Waals surface area contributed by atoms with Gasteiger partial charge in [-0.1, -0.05) is 6.08 Å². The second-order valence-electron chi connectivity index (χ2n) is 4.30. The molecular weight excluding hydrogens is 204 g/mol. The van der Waals surface area contributed by atoms with Crippen molar-refractivity contribution in [1.29, 1.82) is 0 Å². The zero-order valence-electron chi connectivity index (χ0n) is 9.61. The summed E-state index contributed by atoms with van der Waals surface area (Å²) >= 11 is 0. The third-order valence-corrected chi connectivity index (χ3v) is 2.49. The van der Waals surface area contributed by atoms with Crippen LogP contribution in [0.5, 0.6) is 11.5 Å². The lowest BCUT2D eigenvalue weighted by atomic mass is 10.0. The van der Waals surface area contributed by atoms with Crippen LogP contribution in [-0.2, 0) is 0 Å². The van der Waals surface area contributed by atoms with E-state index in [4.69, 9.17) is 9.47 Å². The Morgan fingerprint density at radius 2 is 2.12 bits per heavy atom. The summed E-state index contributed by atoms with van der Waals surface area (Å²) in [6.45, 7) is 3.94. The maximum Gasteiger partial charge on any atom is 0.169 e. The highest BCUT2D eigenvalue weighted by Crippen LogP contribution is 2.39. The Balaban J connectivity index is 2.58. The van der Waals surface area contributed by atoms with Crippen molar-refractivity contribution < 1.29 is 14.3 Å². The van der Waals surface area contributed by atoms with E-state index in [1.807, 2.05) is 26.0 Å².